The van der Waals surface area contributed by atoms with Gasteiger partial charge in [0.05, 0.1) is 0 Å². The zero-order valence-corrected chi connectivity index (χ0v) is 9.77. The molecule has 0 aliphatic carbocycles. The van der Waals surface area contributed by atoms with Gasteiger partial charge in [0, 0.05) is 0 Å². The van der Waals surface area contributed by atoms with Gasteiger partial charge in [-0.05, 0) is 0 Å². The summed E-state index contributed by atoms with van der Waals surface area (Å²) in [6.07, 6.45) is 0. The molecule has 0 aliphatic rings. The van der Waals surface area contributed by atoms with Crippen molar-refractivity contribution in [1.29, 1.82) is 0 Å². The maximum atomic E-state index is 8.74. The van der Waals surface area contributed by atoms with E-state index in [9.17, 15) is 0 Å². The van der Waals surface area contributed by atoms with Gasteiger partial charge in [0.1, 0.15) is 0 Å². The summed E-state index contributed by atoms with van der Waals surface area (Å²) < 4.78 is 34.9. The van der Waals surface area contributed by atoms with Gasteiger partial charge in [-0.3, -0.25) is 9.11 Å². The van der Waals surface area contributed by atoms with E-state index < -0.39 is 10.4 Å². The molecule has 0 amide bonds. The molecule has 16 heavy (non-hydrogen) atoms. The molecule has 2 radical (unpaired) electrons. The average molecular weight is 291 g/mol. The number of nitrogens with zero attached hydrogens (tertiary/aromatic N) is 1. The summed E-state index contributed by atoms with van der Waals surface area (Å²) >= 11 is 2.03. The minimum atomic E-state index is -4.67. The molecule has 0 rings (SSSR count). The van der Waals surface area contributed by atoms with Gasteiger partial charge in [0.25, 0.3) is 0 Å². The third-order valence-electron chi connectivity index (χ3n) is 0.149. The van der Waals surface area contributed by atoms with Crippen LogP contribution in [0.15, 0.2) is 3.98 Å². The smallest absolute Gasteiger partial charge is 0.394 e. The quantitative estimate of drug-likeness (QED) is 0.145. The molecule has 0 bridgehead atoms. The maximum Gasteiger partial charge on any atom is 0.394 e. The van der Waals surface area contributed by atoms with Crippen molar-refractivity contribution in [3.63, 3.8) is 0 Å². The van der Waals surface area contributed by atoms with E-state index in [0.29, 0.717) is 0 Å². The number of hydrogen-bond acceptors (Lipinski definition) is 3. The van der Waals surface area contributed by atoms with Crippen LogP contribution in [0.1, 0.15) is 0 Å². The van der Waals surface area contributed by atoms with Crippen LogP contribution in [0.2, 0.25) is 0 Å². The summed E-state index contributed by atoms with van der Waals surface area (Å²) in [5.41, 5.74) is 9.60. The zero-order valence-electron chi connectivity index (χ0n) is 7.80. The topological polar surface area (TPSA) is 328 Å². The van der Waals surface area contributed by atoms with Crippen LogP contribution in [0.5, 0.6) is 0 Å². The van der Waals surface area contributed by atoms with Crippen molar-refractivity contribution < 1.29 is 50.4 Å². The molecular weight excluding hydrogens is 273 g/mol. The lowest BCUT2D eigenvalue weighted by molar-refractivity contribution is 0.381. The van der Waals surface area contributed by atoms with E-state index in [4.69, 9.17) is 29.0 Å². The second-order valence-corrected chi connectivity index (χ2v) is 2.16. The Morgan fingerprint density at radius 2 is 1.00 bits per heavy atom. The summed E-state index contributed by atoms with van der Waals surface area (Å²) in [5.74, 6) is 0.0926. The first-order valence-electron chi connectivity index (χ1n) is 1.76. The van der Waals surface area contributed by atoms with Crippen LogP contribution >= 0.6 is 0 Å². The van der Waals surface area contributed by atoms with Crippen molar-refractivity contribution in [2.75, 3.05) is 0 Å². The maximum absolute atomic E-state index is 8.74. The number of guanidine groups is 1. The Bertz CT molecular complexity index is 190. The lowest BCUT2D eigenvalue weighted by Crippen LogP contribution is -2.22. The van der Waals surface area contributed by atoms with E-state index >= 15 is 0 Å². The monoisotopic (exact) mass is 291 g/mol. The molecule has 106 valence electrons. The average Bonchev–Trinajstić information content (AvgIpc) is 1.61. The Kier molecular flexibility index (Phi) is 106. The van der Waals surface area contributed by atoms with Gasteiger partial charge in [-0.25, -0.2) is 0 Å². The second kappa shape index (κ2) is 29.3. The van der Waals surface area contributed by atoms with Gasteiger partial charge in [-0.1, -0.05) is 0 Å². The predicted molar refractivity (Wildman–Crippen MR) is 57.4 cm³/mol. The SMILES string of the molecule is NC(N)=[N][Al].O.O.O.O.O.O.O=S(=O)(O)O. The Hall–Kier alpha value is -0.568. The molecule has 0 spiro atoms. The molecule has 0 heterocycles. The zero-order chi connectivity index (χ0) is 8.78. The van der Waals surface area contributed by atoms with E-state index in [1.807, 2.05) is 16.5 Å². The highest BCUT2D eigenvalue weighted by Gasteiger charge is 1.84. The highest BCUT2D eigenvalue weighted by atomic mass is 32.3. The molecule has 0 saturated heterocycles. The van der Waals surface area contributed by atoms with Crippen LogP contribution in [0.25, 0.3) is 0 Å². The predicted octanol–water partition coefficient (Wildman–Crippen LogP) is -7.26. The highest BCUT2D eigenvalue weighted by Crippen LogP contribution is 1.59. The van der Waals surface area contributed by atoms with E-state index in [1.165, 1.54) is 0 Å². The molecule has 13 nitrogen and oxygen atoms in total. The van der Waals surface area contributed by atoms with E-state index in [2.05, 4.69) is 3.98 Å². The molecule has 15 heteroatoms. The fourth-order valence-electron chi connectivity index (χ4n) is 0. The normalized spacial score (nSPS) is 5.62. The summed E-state index contributed by atoms with van der Waals surface area (Å²) in [5, 5.41) is 0. The first-order chi connectivity index (χ1) is 4.27. The molecule has 0 saturated carbocycles. The van der Waals surface area contributed by atoms with Gasteiger partial charge < -0.3 is 48.3 Å². The Balaban J connectivity index is -0.00000000970. The highest BCUT2D eigenvalue weighted by molar-refractivity contribution is 7.79. The molecular formula is CH18AlN3O10S. The molecule has 0 unspecified atom stereocenters. The van der Waals surface area contributed by atoms with Gasteiger partial charge in [0.2, 0.25) is 0 Å². The van der Waals surface area contributed by atoms with Crippen molar-refractivity contribution in [2.45, 2.75) is 0 Å². The van der Waals surface area contributed by atoms with Crippen LogP contribution in [0, 0.1) is 0 Å². The van der Waals surface area contributed by atoms with Gasteiger partial charge in [0.15, 0.2) is 5.96 Å². The summed E-state index contributed by atoms with van der Waals surface area (Å²) in [4.78, 5) is 0. The Morgan fingerprint density at radius 1 is 0.938 bits per heavy atom. The summed E-state index contributed by atoms with van der Waals surface area (Å²) in [7, 11) is -4.67. The fraction of sp³-hybridized carbons (Fsp3) is 0. The lowest BCUT2D eigenvalue weighted by atomic mass is 11.1. The second-order valence-electron chi connectivity index (χ2n) is 1.00. The summed E-state index contributed by atoms with van der Waals surface area (Å²) in [6.45, 7) is 0. The van der Waals surface area contributed by atoms with E-state index in [1.54, 1.807) is 0 Å². The minimum absolute atomic E-state index is 0. The number of rotatable bonds is 0. The van der Waals surface area contributed by atoms with Crippen LogP contribution in [-0.2, 0) is 10.4 Å². The molecule has 0 fully saturated rings. The van der Waals surface area contributed by atoms with Crippen LogP contribution in [0.3, 0.4) is 0 Å². The van der Waals surface area contributed by atoms with Crippen molar-refractivity contribution in [1.82, 2.24) is 0 Å². The third-order valence-corrected chi connectivity index (χ3v) is 0.447. The van der Waals surface area contributed by atoms with E-state index in [-0.39, 0.29) is 38.8 Å². The third kappa shape index (κ3) is 1010. The lowest BCUT2D eigenvalue weighted by Gasteiger charge is -1.79. The minimum Gasteiger partial charge on any atom is -0.412 e. The van der Waals surface area contributed by atoms with Crippen LogP contribution in [-0.4, -0.2) is 72.9 Å². The first kappa shape index (κ1) is 58.2. The first-order valence-corrected chi connectivity index (χ1v) is 3.67. The van der Waals surface area contributed by atoms with Gasteiger partial charge >= 0.3 is 26.9 Å². The van der Waals surface area contributed by atoms with E-state index in [0.717, 1.165) is 0 Å². The van der Waals surface area contributed by atoms with Crippen LogP contribution in [0.4, 0.5) is 0 Å². The molecule has 0 atom stereocenters. The fourth-order valence-corrected chi connectivity index (χ4v) is 0. The molecule has 0 aromatic heterocycles. The molecule has 0 aromatic carbocycles. The standard InChI is InChI=1S/CH4N3.Al.H2O4S.6H2O/c2-1(3)4;;1-5(2,3)4;;;;;;/h(H4-,2,3,4);;(H2,1,2,3,4);6*1H2/q-1;+1;;;;;;;. The van der Waals surface area contributed by atoms with Crippen molar-refractivity contribution >= 4 is 32.9 Å². The van der Waals surface area contributed by atoms with Crippen LogP contribution < -0.4 is 11.5 Å². The van der Waals surface area contributed by atoms with Gasteiger partial charge in [-0.15, -0.1) is 0 Å². The Morgan fingerprint density at radius 3 is 1.00 bits per heavy atom. The van der Waals surface area contributed by atoms with Crippen molar-refractivity contribution in [2.24, 2.45) is 15.4 Å². The van der Waals surface area contributed by atoms with Gasteiger partial charge in [-0.2, -0.15) is 8.42 Å². The Labute approximate surface area is 99.2 Å². The largest absolute Gasteiger partial charge is 0.412 e. The summed E-state index contributed by atoms with van der Waals surface area (Å²) in [6, 6.07) is 0. The molecule has 18 N–H and O–H groups in total. The van der Waals surface area contributed by atoms with Crippen molar-refractivity contribution in [3.8, 4) is 0 Å². The molecule has 0 aliphatic heterocycles. The number of nitrogens with two attached hydrogens (primary N) is 2. The molecule has 0 aromatic rings. The van der Waals surface area contributed by atoms with Crippen molar-refractivity contribution in [3.05, 3.63) is 0 Å². The number of hydrogen-bond donors (Lipinski definition) is 4.